The fourth-order valence-corrected chi connectivity index (χ4v) is 5.00. The molecular weight excluding hydrogens is 224 g/mol. The molecule has 15 heavy (non-hydrogen) atoms. The minimum absolute atomic E-state index is 0.194. The number of aliphatic hydroxyl groups excluding tert-OH is 1. The highest BCUT2D eigenvalue weighted by atomic mass is 32.2. The molecule has 0 spiro atoms. The molecule has 0 aliphatic carbocycles. The van der Waals surface area contributed by atoms with Crippen LogP contribution < -0.4 is 0 Å². The van der Waals surface area contributed by atoms with Crippen LogP contribution in [0, 0.1) is 0 Å². The SMILES string of the molecule is C=C(CC)CC(O)C1SCCSC1CC. The number of hydrogen-bond acceptors (Lipinski definition) is 3. The smallest absolute Gasteiger partial charge is 0.0706 e. The third-order valence-electron chi connectivity index (χ3n) is 2.87. The first-order valence-electron chi connectivity index (χ1n) is 5.76. The van der Waals surface area contributed by atoms with Crippen molar-refractivity contribution in [1.29, 1.82) is 0 Å². The molecule has 1 N–H and O–H groups in total. The molecule has 1 aliphatic heterocycles. The third kappa shape index (κ3) is 4.04. The molecule has 0 aromatic heterocycles. The summed E-state index contributed by atoms with van der Waals surface area (Å²) >= 11 is 3.97. The van der Waals surface area contributed by atoms with Gasteiger partial charge in [0, 0.05) is 22.0 Å². The molecule has 1 nitrogen and oxygen atoms in total. The van der Waals surface area contributed by atoms with Gasteiger partial charge in [-0.05, 0) is 19.3 Å². The van der Waals surface area contributed by atoms with E-state index in [1.165, 1.54) is 17.1 Å². The van der Waals surface area contributed by atoms with Gasteiger partial charge in [0.05, 0.1) is 6.10 Å². The summed E-state index contributed by atoms with van der Waals surface area (Å²) in [6.45, 7) is 8.31. The Morgan fingerprint density at radius 2 is 2.07 bits per heavy atom. The second-order valence-electron chi connectivity index (χ2n) is 4.03. The van der Waals surface area contributed by atoms with E-state index in [0.29, 0.717) is 10.5 Å². The van der Waals surface area contributed by atoms with Crippen molar-refractivity contribution in [3.05, 3.63) is 12.2 Å². The van der Waals surface area contributed by atoms with Gasteiger partial charge in [0.2, 0.25) is 0 Å². The van der Waals surface area contributed by atoms with E-state index in [9.17, 15) is 5.11 Å². The van der Waals surface area contributed by atoms with Gasteiger partial charge in [0.15, 0.2) is 0 Å². The van der Waals surface area contributed by atoms with Gasteiger partial charge in [-0.3, -0.25) is 0 Å². The van der Waals surface area contributed by atoms with Crippen LogP contribution in [0.1, 0.15) is 33.1 Å². The van der Waals surface area contributed by atoms with Crippen LogP contribution in [0.4, 0.5) is 0 Å². The van der Waals surface area contributed by atoms with Crippen LogP contribution in [0.2, 0.25) is 0 Å². The monoisotopic (exact) mass is 246 g/mol. The van der Waals surface area contributed by atoms with Crippen LogP contribution in [-0.4, -0.2) is 33.2 Å². The molecule has 1 saturated heterocycles. The molecular formula is C12H22OS2. The van der Waals surface area contributed by atoms with Crippen LogP contribution in [0.3, 0.4) is 0 Å². The van der Waals surface area contributed by atoms with Crippen LogP contribution in [0.5, 0.6) is 0 Å². The standard InChI is InChI=1S/C12H22OS2/c1-4-9(3)8-10(13)12-11(5-2)14-6-7-15-12/h10-13H,3-8H2,1-2H3. The molecule has 0 bridgehead atoms. The molecule has 0 aromatic rings. The average molecular weight is 246 g/mol. The lowest BCUT2D eigenvalue weighted by Crippen LogP contribution is -2.36. The van der Waals surface area contributed by atoms with Crippen LogP contribution in [0.15, 0.2) is 12.2 Å². The number of hydrogen-bond donors (Lipinski definition) is 1. The highest BCUT2D eigenvalue weighted by Crippen LogP contribution is 2.36. The minimum atomic E-state index is -0.194. The largest absolute Gasteiger partial charge is 0.392 e. The van der Waals surface area contributed by atoms with Gasteiger partial charge in [-0.15, -0.1) is 0 Å². The fraction of sp³-hybridized carbons (Fsp3) is 0.833. The molecule has 1 fully saturated rings. The third-order valence-corrected chi connectivity index (χ3v) is 6.26. The normalized spacial score (nSPS) is 28.7. The predicted octanol–water partition coefficient (Wildman–Crippen LogP) is 3.33. The fourth-order valence-electron chi connectivity index (χ4n) is 1.85. The molecule has 1 aliphatic rings. The van der Waals surface area contributed by atoms with E-state index in [2.05, 4.69) is 20.4 Å². The number of aliphatic hydroxyl groups is 1. The lowest BCUT2D eigenvalue weighted by Gasteiger charge is -2.33. The first-order chi connectivity index (χ1) is 7.19. The molecule has 3 unspecified atom stereocenters. The molecule has 88 valence electrons. The summed E-state index contributed by atoms with van der Waals surface area (Å²) in [7, 11) is 0. The van der Waals surface area contributed by atoms with Crippen molar-refractivity contribution in [3.63, 3.8) is 0 Å². The van der Waals surface area contributed by atoms with Crippen molar-refractivity contribution in [2.24, 2.45) is 0 Å². The summed E-state index contributed by atoms with van der Waals surface area (Å²) in [6, 6.07) is 0. The summed E-state index contributed by atoms with van der Waals surface area (Å²) in [5.74, 6) is 2.42. The Morgan fingerprint density at radius 1 is 1.40 bits per heavy atom. The van der Waals surface area contributed by atoms with Gasteiger partial charge in [0.25, 0.3) is 0 Å². The average Bonchev–Trinajstić information content (AvgIpc) is 2.28. The van der Waals surface area contributed by atoms with Gasteiger partial charge in [-0.1, -0.05) is 26.0 Å². The quantitative estimate of drug-likeness (QED) is 0.751. The molecule has 0 radical (unpaired) electrons. The van der Waals surface area contributed by atoms with Gasteiger partial charge in [-0.25, -0.2) is 0 Å². The van der Waals surface area contributed by atoms with Gasteiger partial charge >= 0.3 is 0 Å². The van der Waals surface area contributed by atoms with Crippen LogP contribution in [-0.2, 0) is 0 Å². The molecule has 0 amide bonds. The summed E-state index contributed by atoms with van der Waals surface area (Å²) in [6.07, 6.45) is 2.74. The van der Waals surface area contributed by atoms with Crippen molar-refractivity contribution >= 4 is 23.5 Å². The van der Waals surface area contributed by atoms with E-state index < -0.39 is 0 Å². The first-order valence-corrected chi connectivity index (χ1v) is 7.86. The van der Waals surface area contributed by atoms with Crippen LogP contribution in [0.25, 0.3) is 0 Å². The number of rotatable bonds is 5. The topological polar surface area (TPSA) is 20.2 Å². The Labute approximate surface area is 102 Å². The van der Waals surface area contributed by atoms with Crippen molar-refractivity contribution in [1.82, 2.24) is 0 Å². The molecule has 0 saturated carbocycles. The molecule has 1 heterocycles. The maximum atomic E-state index is 10.2. The van der Waals surface area contributed by atoms with E-state index in [-0.39, 0.29) is 6.10 Å². The van der Waals surface area contributed by atoms with Crippen molar-refractivity contribution < 1.29 is 5.11 Å². The zero-order valence-corrected chi connectivity index (χ0v) is 11.4. The maximum Gasteiger partial charge on any atom is 0.0706 e. The Hall–Kier alpha value is 0.400. The summed E-state index contributed by atoms with van der Waals surface area (Å²) in [4.78, 5) is 0. The lowest BCUT2D eigenvalue weighted by atomic mass is 10.0. The Bertz CT molecular complexity index is 206. The molecule has 1 rings (SSSR count). The molecule has 0 aromatic carbocycles. The predicted molar refractivity (Wildman–Crippen MR) is 72.8 cm³/mol. The maximum absolute atomic E-state index is 10.2. The lowest BCUT2D eigenvalue weighted by molar-refractivity contribution is 0.168. The zero-order chi connectivity index (χ0) is 11.3. The molecule has 3 heteroatoms. The second-order valence-corrected chi connectivity index (χ2v) is 6.66. The summed E-state index contributed by atoms with van der Waals surface area (Å²) in [5, 5.41) is 11.2. The van der Waals surface area contributed by atoms with E-state index in [4.69, 9.17) is 0 Å². The van der Waals surface area contributed by atoms with E-state index in [0.717, 1.165) is 19.3 Å². The van der Waals surface area contributed by atoms with E-state index in [1.807, 2.05) is 23.5 Å². The van der Waals surface area contributed by atoms with Crippen LogP contribution >= 0.6 is 23.5 Å². The minimum Gasteiger partial charge on any atom is -0.392 e. The first kappa shape index (κ1) is 13.5. The Kier molecular flexibility index (Phi) is 6.17. The zero-order valence-electron chi connectivity index (χ0n) is 9.74. The van der Waals surface area contributed by atoms with Crippen molar-refractivity contribution in [2.45, 2.75) is 49.7 Å². The van der Waals surface area contributed by atoms with Gasteiger partial charge in [-0.2, -0.15) is 23.5 Å². The van der Waals surface area contributed by atoms with E-state index >= 15 is 0 Å². The van der Waals surface area contributed by atoms with Crippen molar-refractivity contribution in [3.8, 4) is 0 Å². The summed E-state index contributed by atoms with van der Waals surface area (Å²) in [5.41, 5.74) is 1.17. The molecule has 3 atom stereocenters. The Balaban J connectivity index is 2.47. The second kappa shape index (κ2) is 6.87. The Morgan fingerprint density at radius 3 is 2.67 bits per heavy atom. The van der Waals surface area contributed by atoms with Gasteiger partial charge < -0.3 is 5.11 Å². The van der Waals surface area contributed by atoms with Gasteiger partial charge in [0.1, 0.15) is 0 Å². The highest BCUT2D eigenvalue weighted by molar-refractivity contribution is 8.07. The highest BCUT2D eigenvalue weighted by Gasteiger charge is 2.30. The van der Waals surface area contributed by atoms with E-state index in [1.54, 1.807) is 0 Å². The van der Waals surface area contributed by atoms with Crippen molar-refractivity contribution in [2.75, 3.05) is 11.5 Å². The summed E-state index contributed by atoms with van der Waals surface area (Å²) < 4.78 is 0. The number of thioether (sulfide) groups is 2.